The van der Waals surface area contributed by atoms with Crippen molar-refractivity contribution in [3.05, 3.63) is 11.8 Å². The summed E-state index contributed by atoms with van der Waals surface area (Å²) in [6.45, 7) is 7.02. The van der Waals surface area contributed by atoms with Crippen LogP contribution in [-0.4, -0.2) is 41.3 Å². The van der Waals surface area contributed by atoms with Crippen molar-refractivity contribution in [1.29, 1.82) is 0 Å². The first kappa shape index (κ1) is 9.61. The Kier molecular flexibility index (Phi) is 3.10. The van der Waals surface area contributed by atoms with Gasteiger partial charge in [0, 0.05) is 32.6 Å². The number of nitrogens with one attached hydrogen (secondary N) is 1. The lowest BCUT2D eigenvalue weighted by Crippen LogP contribution is -2.42. The van der Waals surface area contributed by atoms with Gasteiger partial charge in [-0.1, -0.05) is 6.92 Å². The fourth-order valence-corrected chi connectivity index (χ4v) is 1.56. The van der Waals surface area contributed by atoms with Gasteiger partial charge in [-0.25, -0.2) is 0 Å². The minimum absolute atomic E-state index is 0.732. The minimum atomic E-state index is 0.732. The summed E-state index contributed by atoms with van der Waals surface area (Å²) in [7, 11) is 0. The van der Waals surface area contributed by atoms with E-state index in [2.05, 4.69) is 20.4 Å². The van der Waals surface area contributed by atoms with Crippen LogP contribution in [0.4, 0.5) is 0 Å². The Hall–Kier alpha value is -0.940. The van der Waals surface area contributed by atoms with Crippen LogP contribution >= 0.6 is 0 Å². The first-order valence-corrected chi connectivity index (χ1v) is 5.13. The van der Waals surface area contributed by atoms with Crippen molar-refractivity contribution in [2.75, 3.05) is 26.2 Å². The number of rotatable bonds is 3. The molecule has 0 amide bonds. The molecule has 0 unspecified atom stereocenters. The first-order valence-electron chi connectivity index (χ1n) is 5.13. The maximum absolute atomic E-state index is 5.45. The van der Waals surface area contributed by atoms with Gasteiger partial charge in [-0.2, -0.15) is 0 Å². The van der Waals surface area contributed by atoms with Crippen LogP contribution < -0.4 is 5.32 Å². The molecule has 0 aliphatic carbocycles. The van der Waals surface area contributed by atoms with Gasteiger partial charge in [0.05, 0.1) is 6.54 Å². The Morgan fingerprint density at radius 3 is 2.64 bits per heavy atom. The van der Waals surface area contributed by atoms with Crippen LogP contribution in [0.1, 0.15) is 18.7 Å². The standard InChI is InChI=1S/C9H16N4O/c1-2-8-11-12-9(14-8)7-13-5-3-10-4-6-13/h10H,2-7H2,1H3. The third-order valence-corrected chi connectivity index (χ3v) is 2.38. The average Bonchev–Trinajstić information content (AvgIpc) is 2.67. The number of hydrogen-bond donors (Lipinski definition) is 1. The van der Waals surface area contributed by atoms with Crippen molar-refractivity contribution >= 4 is 0 Å². The SMILES string of the molecule is CCc1nnc(CN2CCNCC2)o1. The van der Waals surface area contributed by atoms with Crippen LogP contribution in [-0.2, 0) is 13.0 Å². The van der Waals surface area contributed by atoms with E-state index < -0.39 is 0 Å². The molecule has 78 valence electrons. The minimum Gasteiger partial charge on any atom is -0.424 e. The van der Waals surface area contributed by atoms with Gasteiger partial charge >= 0.3 is 0 Å². The zero-order valence-electron chi connectivity index (χ0n) is 8.49. The zero-order chi connectivity index (χ0) is 9.80. The lowest BCUT2D eigenvalue weighted by atomic mass is 10.3. The molecule has 5 nitrogen and oxygen atoms in total. The summed E-state index contributed by atoms with van der Waals surface area (Å²) in [6, 6.07) is 0. The number of aryl methyl sites for hydroxylation is 1. The van der Waals surface area contributed by atoms with Gasteiger partial charge in [0.1, 0.15) is 0 Å². The molecule has 0 saturated carbocycles. The molecule has 2 rings (SSSR count). The van der Waals surface area contributed by atoms with Gasteiger partial charge in [0.2, 0.25) is 11.8 Å². The highest BCUT2D eigenvalue weighted by Gasteiger charge is 2.13. The number of piperazine rings is 1. The molecule has 1 aliphatic rings. The number of hydrogen-bond acceptors (Lipinski definition) is 5. The predicted octanol–water partition coefficient (Wildman–Crippen LogP) is 0.0372. The van der Waals surface area contributed by atoms with Crippen molar-refractivity contribution in [3.63, 3.8) is 0 Å². The lowest BCUT2D eigenvalue weighted by molar-refractivity contribution is 0.211. The van der Waals surface area contributed by atoms with Crippen LogP contribution in [0.5, 0.6) is 0 Å². The van der Waals surface area contributed by atoms with Crippen molar-refractivity contribution in [2.24, 2.45) is 0 Å². The van der Waals surface area contributed by atoms with Crippen molar-refractivity contribution in [2.45, 2.75) is 19.9 Å². The van der Waals surface area contributed by atoms with E-state index in [4.69, 9.17) is 4.42 Å². The highest BCUT2D eigenvalue weighted by molar-refractivity contribution is 4.82. The topological polar surface area (TPSA) is 54.2 Å². The summed E-state index contributed by atoms with van der Waals surface area (Å²) in [4.78, 5) is 2.32. The Balaban J connectivity index is 1.89. The van der Waals surface area contributed by atoms with E-state index >= 15 is 0 Å². The van der Waals surface area contributed by atoms with E-state index in [9.17, 15) is 0 Å². The third-order valence-electron chi connectivity index (χ3n) is 2.38. The molecule has 0 aromatic carbocycles. The molecule has 1 fully saturated rings. The molecule has 5 heteroatoms. The Morgan fingerprint density at radius 1 is 1.29 bits per heavy atom. The molecule has 0 atom stereocenters. The van der Waals surface area contributed by atoms with Crippen molar-refractivity contribution in [1.82, 2.24) is 20.4 Å². The summed E-state index contributed by atoms with van der Waals surface area (Å²) in [5.41, 5.74) is 0. The number of aromatic nitrogens is 2. The average molecular weight is 196 g/mol. The van der Waals surface area contributed by atoms with Gasteiger partial charge in [-0.05, 0) is 0 Å². The molecular weight excluding hydrogens is 180 g/mol. The monoisotopic (exact) mass is 196 g/mol. The zero-order valence-corrected chi connectivity index (χ0v) is 8.49. The molecule has 1 aromatic heterocycles. The van der Waals surface area contributed by atoms with Crippen LogP contribution in [0.15, 0.2) is 4.42 Å². The normalized spacial score (nSPS) is 18.6. The summed E-state index contributed by atoms with van der Waals surface area (Å²) >= 11 is 0. The second kappa shape index (κ2) is 4.52. The lowest BCUT2D eigenvalue weighted by Gasteiger charge is -2.25. The van der Waals surface area contributed by atoms with Crippen LogP contribution in [0, 0.1) is 0 Å². The molecular formula is C9H16N4O. The molecule has 1 aromatic rings. The maximum Gasteiger partial charge on any atom is 0.230 e. The van der Waals surface area contributed by atoms with Gasteiger partial charge in [0.25, 0.3) is 0 Å². The molecule has 1 aliphatic heterocycles. The summed E-state index contributed by atoms with van der Waals surface area (Å²) < 4.78 is 5.45. The Bertz CT molecular complexity index is 280. The molecule has 2 heterocycles. The Labute approximate surface area is 83.5 Å². The second-order valence-electron chi connectivity index (χ2n) is 3.47. The molecule has 14 heavy (non-hydrogen) atoms. The number of nitrogens with zero attached hydrogens (tertiary/aromatic N) is 3. The highest BCUT2D eigenvalue weighted by Crippen LogP contribution is 2.05. The van der Waals surface area contributed by atoms with Gasteiger partial charge in [-0.3, -0.25) is 4.90 Å². The quantitative estimate of drug-likeness (QED) is 0.739. The molecule has 1 saturated heterocycles. The fraction of sp³-hybridized carbons (Fsp3) is 0.778. The molecule has 0 radical (unpaired) electrons. The summed E-state index contributed by atoms with van der Waals surface area (Å²) in [5.74, 6) is 1.47. The highest BCUT2D eigenvalue weighted by atomic mass is 16.4. The summed E-state index contributed by atoms with van der Waals surface area (Å²) in [5, 5.41) is 11.3. The third kappa shape index (κ3) is 2.30. The van der Waals surface area contributed by atoms with E-state index in [0.717, 1.165) is 50.9 Å². The van der Waals surface area contributed by atoms with Gasteiger partial charge < -0.3 is 9.73 Å². The predicted molar refractivity (Wildman–Crippen MR) is 51.8 cm³/mol. The van der Waals surface area contributed by atoms with Gasteiger partial charge in [-0.15, -0.1) is 10.2 Å². The van der Waals surface area contributed by atoms with Crippen LogP contribution in [0.25, 0.3) is 0 Å². The molecule has 1 N–H and O–H groups in total. The molecule has 0 spiro atoms. The second-order valence-corrected chi connectivity index (χ2v) is 3.47. The Morgan fingerprint density at radius 2 is 2.00 bits per heavy atom. The van der Waals surface area contributed by atoms with E-state index in [1.54, 1.807) is 0 Å². The maximum atomic E-state index is 5.45. The largest absolute Gasteiger partial charge is 0.424 e. The van der Waals surface area contributed by atoms with Crippen molar-refractivity contribution in [3.8, 4) is 0 Å². The smallest absolute Gasteiger partial charge is 0.230 e. The van der Waals surface area contributed by atoms with Crippen molar-refractivity contribution < 1.29 is 4.42 Å². The van der Waals surface area contributed by atoms with Crippen LogP contribution in [0.2, 0.25) is 0 Å². The van der Waals surface area contributed by atoms with E-state index in [1.165, 1.54) is 0 Å². The van der Waals surface area contributed by atoms with E-state index in [-0.39, 0.29) is 0 Å². The molecule has 0 bridgehead atoms. The van der Waals surface area contributed by atoms with Crippen LogP contribution in [0.3, 0.4) is 0 Å². The summed E-state index contributed by atoms with van der Waals surface area (Å²) in [6.07, 6.45) is 0.814. The first-order chi connectivity index (χ1) is 6.88. The fourth-order valence-electron chi connectivity index (χ4n) is 1.56. The van der Waals surface area contributed by atoms with E-state index in [0.29, 0.717) is 0 Å². The van der Waals surface area contributed by atoms with E-state index in [1.807, 2.05) is 6.92 Å². The van der Waals surface area contributed by atoms with Gasteiger partial charge in [0.15, 0.2) is 0 Å².